The molecule has 0 aliphatic rings. The van der Waals surface area contributed by atoms with Crippen LogP contribution in [-0.2, 0) is 20.8 Å². The molecule has 1 aromatic rings. The number of carbonyl (C=O) groups excluding carboxylic acids is 3. The van der Waals surface area contributed by atoms with Crippen molar-refractivity contribution in [2.75, 3.05) is 7.05 Å². The van der Waals surface area contributed by atoms with Crippen molar-refractivity contribution in [1.82, 2.24) is 16.0 Å². The molecule has 6 heteroatoms. The van der Waals surface area contributed by atoms with Crippen molar-refractivity contribution < 1.29 is 14.4 Å². The molecule has 0 aliphatic carbocycles. The maximum atomic E-state index is 12.0. The van der Waals surface area contributed by atoms with Gasteiger partial charge in [0.05, 0.1) is 12.5 Å². The van der Waals surface area contributed by atoms with Crippen molar-refractivity contribution in [3.8, 4) is 0 Å². The Morgan fingerprint density at radius 1 is 1.00 bits per heavy atom. The number of likely N-dealkylation sites (N-methyl/N-ethyl adjacent to an activating group) is 1. The van der Waals surface area contributed by atoms with Gasteiger partial charge >= 0.3 is 0 Å². The highest BCUT2D eigenvalue weighted by Gasteiger charge is 2.24. The monoisotopic (exact) mass is 319 g/mol. The van der Waals surface area contributed by atoms with E-state index in [-0.39, 0.29) is 18.2 Å². The Balaban J connectivity index is 2.50. The third kappa shape index (κ3) is 6.20. The summed E-state index contributed by atoms with van der Waals surface area (Å²) in [6.07, 6.45) is 0.192. The maximum absolute atomic E-state index is 12.0. The highest BCUT2D eigenvalue weighted by molar-refractivity contribution is 6.01. The molecule has 6 nitrogen and oxygen atoms in total. The van der Waals surface area contributed by atoms with Gasteiger partial charge in [-0.25, -0.2) is 0 Å². The predicted octanol–water partition coefficient (Wildman–Crippen LogP) is 0.621. The number of carbonyl (C=O) groups is 3. The average Bonchev–Trinajstić information content (AvgIpc) is 2.48. The van der Waals surface area contributed by atoms with E-state index in [1.54, 1.807) is 14.0 Å². The Morgan fingerprint density at radius 3 is 2.13 bits per heavy atom. The summed E-state index contributed by atoms with van der Waals surface area (Å²) in [5.41, 5.74) is 0.865. The van der Waals surface area contributed by atoms with E-state index in [2.05, 4.69) is 16.0 Å². The maximum Gasteiger partial charge on any atom is 0.248 e. The van der Waals surface area contributed by atoms with Gasteiger partial charge in [-0.15, -0.1) is 0 Å². The van der Waals surface area contributed by atoms with Gasteiger partial charge in [-0.3, -0.25) is 19.7 Å². The van der Waals surface area contributed by atoms with Crippen LogP contribution in [0.3, 0.4) is 0 Å². The first kappa shape index (κ1) is 18.8. The van der Waals surface area contributed by atoms with Gasteiger partial charge < -0.3 is 10.6 Å². The minimum absolute atomic E-state index is 0.0516. The first-order chi connectivity index (χ1) is 10.8. The topological polar surface area (TPSA) is 87.3 Å². The highest BCUT2D eigenvalue weighted by Crippen LogP contribution is 2.02. The third-order valence-electron chi connectivity index (χ3n) is 3.48. The van der Waals surface area contributed by atoms with E-state index in [0.717, 1.165) is 5.56 Å². The minimum Gasteiger partial charge on any atom is -0.344 e. The van der Waals surface area contributed by atoms with Crippen LogP contribution in [0.15, 0.2) is 30.3 Å². The van der Waals surface area contributed by atoms with Crippen LogP contribution in [0, 0.1) is 5.92 Å². The van der Waals surface area contributed by atoms with Crippen molar-refractivity contribution in [2.24, 2.45) is 5.92 Å². The second-order valence-corrected chi connectivity index (χ2v) is 5.82. The Kier molecular flexibility index (Phi) is 7.41. The molecule has 0 spiro atoms. The van der Waals surface area contributed by atoms with Gasteiger partial charge in [0.2, 0.25) is 17.7 Å². The first-order valence-electron chi connectivity index (χ1n) is 7.70. The summed E-state index contributed by atoms with van der Waals surface area (Å²) in [4.78, 5) is 35.9. The molecule has 0 saturated carbocycles. The molecule has 1 rings (SSSR count). The molecule has 0 aromatic heterocycles. The molecule has 0 unspecified atom stereocenters. The second kappa shape index (κ2) is 9.05. The molecule has 0 bridgehead atoms. The summed E-state index contributed by atoms with van der Waals surface area (Å²) < 4.78 is 0. The van der Waals surface area contributed by atoms with Gasteiger partial charge in [0.25, 0.3) is 0 Å². The molecule has 3 amide bonds. The molecule has 1 aromatic carbocycles. The molecule has 0 saturated heterocycles. The van der Waals surface area contributed by atoms with Crippen molar-refractivity contribution in [3.05, 3.63) is 35.9 Å². The van der Waals surface area contributed by atoms with Crippen molar-refractivity contribution >= 4 is 17.7 Å². The normalized spacial score (nSPS) is 13.3. The van der Waals surface area contributed by atoms with Crippen LogP contribution in [0.25, 0.3) is 0 Å². The number of rotatable bonds is 7. The van der Waals surface area contributed by atoms with E-state index in [0.29, 0.717) is 0 Å². The number of nitrogens with one attached hydrogen (secondary N) is 3. The number of amides is 3. The number of imide groups is 1. The summed E-state index contributed by atoms with van der Waals surface area (Å²) in [7, 11) is 1.67. The molecular formula is C17H25N3O3. The molecule has 126 valence electrons. The Morgan fingerprint density at radius 2 is 1.61 bits per heavy atom. The van der Waals surface area contributed by atoms with Gasteiger partial charge in [0.15, 0.2) is 0 Å². The lowest BCUT2D eigenvalue weighted by Gasteiger charge is -2.20. The van der Waals surface area contributed by atoms with Crippen LogP contribution in [0.2, 0.25) is 0 Å². The zero-order chi connectivity index (χ0) is 17.4. The van der Waals surface area contributed by atoms with Gasteiger partial charge in [0, 0.05) is 0 Å². The van der Waals surface area contributed by atoms with Gasteiger partial charge in [-0.05, 0) is 25.5 Å². The molecular weight excluding hydrogens is 294 g/mol. The van der Waals surface area contributed by atoms with Crippen LogP contribution in [0.5, 0.6) is 0 Å². The third-order valence-corrected chi connectivity index (χ3v) is 3.48. The SMILES string of the molecule is CN[C@H](C(=O)NC(=O)[C@H](C)NC(=O)Cc1ccccc1)C(C)C. The van der Waals surface area contributed by atoms with Crippen LogP contribution < -0.4 is 16.0 Å². The van der Waals surface area contributed by atoms with Crippen LogP contribution in [-0.4, -0.2) is 36.9 Å². The minimum atomic E-state index is -0.778. The number of benzene rings is 1. The summed E-state index contributed by atoms with van der Waals surface area (Å²) in [5.74, 6) is -1.12. The zero-order valence-corrected chi connectivity index (χ0v) is 14.1. The van der Waals surface area contributed by atoms with Crippen molar-refractivity contribution in [2.45, 2.75) is 39.3 Å². The Bertz CT molecular complexity index is 543. The molecule has 0 radical (unpaired) electrons. The molecule has 0 fully saturated rings. The zero-order valence-electron chi connectivity index (χ0n) is 14.1. The highest BCUT2D eigenvalue weighted by atomic mass is 16.2. The smallest absolute Gasteiger partial charge is 0.248 e. The van der Waals surface area contributed by atoms with Crippen LogP contribution >= 0.6 is 0 Å². The van der Waals surface area contributed by atoms with Gasteiger partial charge in [0.1, 0.15) is 6.04 Å². The lowest BCUT2D eigenvalue weighted by molar-refractivity contribution is -0.135. The summed E-state index contributed by atoms with van der Waals surface area (Å²) >= 11 is 0. The molecule has 3 N–H and O–H groups in total. The second-order valence-electron chi connectivity index (χ2n) is 5.82. The van der Waals surface area contributed by atoms with E-state index in [9.17, 15) is 14.4 Å². The number of hydrogen-bond acceptors (Lipinski definition) is 4. The summed E-state index contributed by atoms with van der Waals surface area (Å²) in [5, 5.41) is 7.79. The van der Waals surface area contributed by atoms with Crippen LogP contribution in [0.4, 0.5) is 0 Å². The first-order valence-corrected chi connectivity index (χ1v) is 7.70. The summed E-state index contributed by atoms with van der Waals surface area (Å²) in [6, 6.07) is 8.02. The molecule has 0 aliphatic heterocycles. The Labute approximate surface area is 137 Å². The van der Waals surface area contributed by atoms with E-state index in [4.69, 9.17) is 0 Å². The predicted molar refractivity (Wildman–Crippen MR) is 88.6 cm³/mol. The van der Waals surface area contributed by atoms with E-state index in [1.807, 2.05) is 44.2 Å². The van der Waals surface area contributed by atoms with Crippen LogP contribution in [0.1, 0.15) is 26.3 Å². The van der Waals surface area contributed by atoms with Crippen molar-refractivity contribution in [1.29, 1.82) is 0 Å². The van der Waals surface area contributed by atoms with E-state index < -0.39 is 23.9 Å². The Hall–Kier alpha value is -2.21. The van der Waals surface area contributed by atoms with E-state index in [1.165, 1.54) is 0 Å². The van der Waals surface area contributed by atoms with Gasteiger partial charge in [-0.2, -0.15) is 0 Å². The molecule has 2 atom stereocenters. The fraction of sp³-hybridized carbons (Fsp3) is 0.471. The lowest BCUT2D eigenvalue weighted by atomic mass is 10.0. The molecule has 23 heavy (non-hydrogen) atoms. The quantitative estimate of drug-likeness (QED) is 0.687. The van der Waals surface area contributed by atoms with Gasteiger partial charge in [-0.1, -0.05) is 44.2 Å². The summed E-state index contributed by atoms with van der Waals surface area (Å²) in [6.45, 7) is 5.32. The fourth-order valence-corrected chi connectivity index (χ4v) is 2.21. The largest absolute Gasteiger partial charge is 0.344 e. The molecule has 0 heterocycles. The lowest BCUT2D eigenvalue weighted by Crippen LogP contribution is -2.53. The standard InChI is InChI=1S/C17H25N3O3/c1-11(2)15(18-4)17(23)20-16(22)12(3)19-14(21)10-13-8-6-5-7-9-13/h5-9,11-12,15,18H,10H2,1-4H3,(H,19,21)(H,20,22,23)/t12-,15-/m0/s1. The average molecular weight is 319 g/mol. The van der Waals surface area contributed by atoms with E-state index >= 15 is 0 Å². The number of hydrogen-bond donors (Lipinski definition) is 3. The van der Waals surface area contributed by atoms with Crippen molar-refractivity contribution in [3.63, 3.8) is 0 Å². The fourth-order valence-electron chi connectivity index (χ4n) is 2.21.